The summed E-state index contributed by atoms with van der Waals surface area (Å²) in [5.74, 6) is -5.80. The van der Waals surface area contributed by atoms with Gasteiger partial charge in [0.25, 0.3) is 0 Å². The van der Waals surface area contributed by atoms with Crippen molar-refractivity contribution in [3.05, 3.63) is 57.9 Å². The van der Waals surface area contributed by atoms with Crippen molar-refractivity contribution in [2.24, 2.45) is 12.0 Å². The van der Waals surface area contributed by atoms with Crippen LogP contribution in [0.2, 0.25) is 5.02 Å². The summed E-state index contributed by atoms with van der Waals surface area (Å²) in [5.41, 5.74) is -5.17. The average molecular weight is 460 g/mol. The number of hydrogen-bond donors (Lipinski definition) is 0. The van der Waals surface area contributed by atoms with Crippen LogP contribution in [-0.2, 0) is 19.1 Å². The number of aromatic nitrogens is 2. The van der Waals surface area contributed by atoms with Crippen LogP contribution in [0.4, 0.5) is 35.1 Å². The van der Waals surface area contributed by atoms with Crippen LogP contribution >= 0.6 is 11.6 Å². The molecule has 0 atom stereocenters. The zero-order valence-corrected chi connectivity index (χ0v) is 16.4. The van der Waals surface area contributed by atoms with Gasteiger partial charge in [0.2, 0.25) is 0 Å². The number of allylic oxidation sites excluding steroid dienone is 2. The van der Waals surface area contributed by atoms with Crippen LogP contribution in [0.1, 0.15) is 29.4 Å². The number of rotatable bonds is 4. The minimum atomic E-state index is -6.25. The normalized spacial score (nSPS) is 14.4. The van der Waals surface area contributed by atoms with Gasteiger partial charge < -0.3 is 0 Å². The molecule has 1 aromatic carbocycles. The van der Waals surface area contributed by atoms with E-state index in [-0.39, 0.29) is 11.3 Å². The Bertz CT molecular complexity index is 983. The van der Waals surface area contributed by atoms with E-state index in [1.165, 1.54) is 31.3 Å². The molecule has 0 aliphatic rings. The third-order valence-corrected chi connectivity index (χ3v) is 4.34. The fourth-order valence-corrected chi connectivity index (χ4v) is 2.90. The van der Waals surface area contributed by atoms with Gasteiger partial charge in [0.15, 0.2) is 5.69 Å². The summed E-state index contributed by atoms with van der Waals surface area (Å²) < 4.78 is 107. The molecular weight excluding hydrogens is 446 g/mol. The molecule has 30 heavy (non-hydrogen) atoms. The first kappa shape index (κ1) is 23.8. The van der Waals surface area contributed by atoms with Gasteiger partial charge in [-0.15, -0.1) is 0 Å². The number of benzene rings is 1. The first-order valence-corrected chi connectivity index (χ1v) is 8.49. The minimum Gasteiger partial charge on any atom is -0.288 e. The van der Waals surface area contributed by atoms with Crippen molar-refractivity contribution in [3.63, 3.8) is 0 Å². The van der Waals surface area contributed by atoms with Crippen molar-refractivity contribution in [2.45, 2.75) is 25.2 Å². The zero-order valence-electron chi connectivity index (χ0n) is 15.6. The molecule has 0 aliphatic heterocycles. The first-order valence-electron chi connectivity index (χ1n) is 8.11. The van der Waals surface area contributed by atoms with Crippen LogP contribution in [0, 0.1) is 0 Å². The van der Waals surface area contributed by atoms with E-state index in [0.29, 0.717) is 15.3 Å². The lowest BCUT2D eigenvalue weighted by Gasteiger charge is -2.20. The number of halogens is 9. The molecular formula is C18H14ClF8N3. The molecule has 2 aromatic rings. The molecule has 164 valence electrons. The smallest absolute Gasteiger partial charge is 0.288 e. The highest BCUT2D eigenvalue weighted by Gasteiger charge is 2.64. The Morgan fingerprint density at radius 3 is 2.00 bits per heavy atom. The fourth-order valence-electron chi connectivity index (χ4n) is 2.77. The van der Waals surface area contributed by atoms with Crippen LogP contribution in [0.15, 0.2) is 35.3 Å². The van der Waals surface area contributed by atoms with Crippen LogP contribution in [-0.4, -0.2) is 28.7 Å². The van der Waals surface area contributed by atoms with Crippen LogP contribution in [0.25, 0.3) is 5.57 Å². The van der Waals surface area contributed by atoms with Gasteiger partial charge in [0.1, 0.15) is 5.56 Å². The number of alkyl halides is 8. The standard InChI is InChI=1S/C18H14ClF8N3/c1-9(8-12(28-2)10-4-6-11(19)7-5-10)14-13(17(22,23)24)15(29-30(14)3)16(20,21)18(25,26)27/h4-8H,1-3H3/b9-8+,28-12?. The van der Waals surface area contributed by atoms with Crippen molar-refractivity contribution in [3.8, 4) is 0 Å². The maximum Gasteiger partial charge on any atom is 0.459 e. The second kappa shape index (κ2) is 8.01. The molecule has 0 N–H and O–H groups in total. The first-order chi connectivity index (χ1) is 13.6. The predicted octanol–water partition coefficient (Wildman–Crippen LogP) is 6.27. The minimum absolute atomic E-state index is 0.155. The van der Waals surface area contributed by atoms with Gasteiger partial charge in [-0.25, -0.2) is 0 Å². The van der Waals surface area contributed by atoms with Crippen molar-refractivity contribution in [1.29, 1.82) is 0 Å². The molecule has 0 saturated heterocycles. The number of aliphatic imine (C=N–C) groups is 1. The summed E-state index contributed by atoms with van der Waals surface area (Å²) >= 11 is 5.78. The topological polar surface area (TPSA) is 30.2 Å². The van der Waals surface area contributed by atoms with E-state index < -0.39 is 35.2 Å². The Balaban J connectivity index is 2.72. The molecule has 0 saturated carbocycles. The Hall–Kier alpha value is -2.43. The predicted molar refractivity (Wildman–Crippen MR) is 95.7 cm³/mol. The molecule has 0 amide bonds. The molecule has 0 aliphatic carbocycles. The molecule has 0 radical (unpaired) electrons. The van der Waals surface area contributed by atoms with Crippen molar-refractivity contribution >= 4 is 22.9 Å². The maximum atomic E-state index is 13.8. The van der Waals surface area contributed by atoms with Gasteiger partial charge in [-0.2, -0.15) is 40.2 Å². The van der Waals surface area contributed by atoms with Gasteiger partial charge in [-0.3, -0.25) is 9.67 Å². The monoisotopic (exact) mass is 459 g/mol. The molecule has 0 spiro atoms. The summed E-state index contributed by atoms with van der Waals surface area (Å²) in [7, 11) is 2.19. The average Bonchev–Trinajstić information content (AvgIpc) is 2.98. The van der Waals surface area contributed by atoms with Crippen molar-refractivity contribution in [2.75, 3.05) is 7.05 Å². The largest absolute Gasteiger partial charge is 0.459 e. The van der Waals surface area contributed by atoms with E-state index >= 15 is 0 Å². The molecule has 1 aromatic heterocycles. The maximum absolute atomic E-state index is 13.8. The van der Waals surface area contributed by atoms with E-state index in [0.717, 1.165) is 20.0 Å². The van der Waals surface area contributed by atoms with E-state index in [9.17, 15) is 35.1 Å². The summed E-state index contributed by atoms with van der Waals surface area (Å²) in [6, 6.07) is 6.04. The van der Waals surface area contributed by atoms with Gasteiger partial charge >= 0.3 is 18.3 Å². The lowest BCUT2D eigenvalue weighted by molar-refractivity contribution is -0.292. The van der Waals surface area contributed by atoms with E-state index in [4.69, 9.17) is 11.6 Å². The Morgan fingerprint density at radius 2 is 1.57 bits per heavy atom. The molecule has 1 heterocycles. The van der Waals surface area contributed by atoms with E-state index in [1.807, 2.05) is 0 Å². The highest BCUT2D eigenvalue weighted by molar-refractivity contribution is 6.30. The Kier molecular flexibility index (Phi) is 6.37. The summed E-state index contributed by atoms with van der Waals surface area (Å²) in [5, 5.41) is 3.27. The molecule has 0 unspecified atom stereocenters. The van der Waals surface area contributed by atoms with Gasteiger partial charge in [-0.1, -0.05) is 23.7 Å². The highest BCUT2D eigenvalue weighted by atomic mass is 35.5. The number of nitrogens with zero attached hydrogens (tertiary/aromatic N) is 3. The summed E-state index contributed by atoms with van der Waals surface area (Å²) in [6.07, 6.45) is -10.6. The molecule has 2 rings (SSSR count). The Morgan fingerprint density at radius 1 is 1.03 bits per heavy atom. The molecule has 12 heteroatoms. The second-order valence-corrected chi connectivity index (χ2v) is 6.65. The Labute approximate surface area is 170 Å². The second-order valence-electron chi connectivity index (χ2n) is 6.21. The molecule has 0 fully saturated rings. The van der Waals surface area contributed by atoms with Crippen molar-refractivity contribution in [1.82, 2.24) is 9.78 Å². The molecule has 3 nitrogen and oxygen atoms in total. The fraction of sp³-hybridized carbons (Fsp3) is 0.333. The van der Waals surface area contributed by atoms with E-state index in [1.54, 1.807) is 0 Å². The third-order valence-electron chi connectivity index (χ3n) is 4.09. The van der Waals surface area contributed by atoms with Gasteiger partial charge in [0, 0.05) is 19.1 Å². The number of aryl methyl sites for hydroxylation is 1. The molecule has 0 bridgehead atoms. The number of hydrogen-bond acceptors (Lipinski definition) is 2. The van der Waals surface area contributed by atoms with E-state index in [2.05, 4.69) is 10.1 Å². The lowest BCUT2D eigenvalue weighted by atomic mass is 10.0. The van der Waals surface area contributed by atoms with Crippen molar-refractivity contribution < 1.29 is 35.1 Å². The third kappa shape index (κ3) is 4.50. The summed E-state index contributed by atoms with van der Waals surface area (Å²) in [4.78, 5) is 3.93. The quantitative estimate of drug-likeness (QED) is 0.391. The van der Waals surface area contributed by atoms with Gasteiger partial charge in [0.05, 0.1) is 11.4 Å². The summed E-state index contributed by atoms with van der Waals surface area (Å²) in [6.45, 7) is 1.13. The lowest BCUT2D eigenvalue weighted by Crippen LogP contribution is -2.36. The van der Waals surface area contributed by atoms with Crippen LogP contribution < -0.4 is 0 Å². The van der Waals surface area contributed by atoms with Crippen LogP contribution in [0.5, 0.6) is 0 Å². The SMILES string of the molecule is CN=C(/C=C(\C)c1c(C(F)(F)F)c(C(F)(F)C(F)(F)F)nn1C)c1ccc(Cl)cc1. The highest BCUT2D eigenvalue weighted by Crippen LogP contribution is 2.49. The zero-order chi connectivity index (χ0) is 23.1. The van der Waals surface area contributed by atoms with Crippen LogP contribution in [0.3, 0.4) is 0 Å². The van der Waals surface area contributed by atoms with Gasteiger partial charge in [-0.05, 0) is 36.3 Å².